The van der Waals surface area contributed by atoms with Crippen LogP contribution in [0.1, 0.15) is 26.3 Å². The third-order valence-electron chi connectivity index (χ3n) is 2.70. The zero-order chi connectivity index (χ0) is 18.3. The number of rotatable bonds is 6. The van der Waals surface area contributed by atoms with Gasteiger partial charge in [-0.25, -0.2) is 0 Å². The molecule has 0 atom stereocenters. The van der Waals surface area contributed by atoms with Crippen molar-refractivity contribution in [2.45, 2.75) is 30.6 Å². The van der Waals surface area contributed by atoms with Crippen molar-refractivity contribution < 1.29 is 9.59 Å². The topological polar surface area (TPSA) is 84.0 Å². The van der Waals surface area contributed by atoms with E-state index in [1.807, 2.05) is 51.1 Å². The summed E-state index contributed by atoms with van der Waals surface area (Å²) >= 11 is 2.53. The molecule has 1 heterocycles. The largest absolute Gasteiger partial charge is 0.351 e. The van der Waals surface area contributed by atoms with Gasteiger partial charge in [-0.05, 0) is 32.4 Å². The number of thioether (sulfide) groups is 1. The number of hydrogen-bond donors (Lipinski definition) is 2. The van der Waals surface area contributed by atoms with Crippen molar-refractivity contribution in [3.63, 3.8) is 0 Å². The number of nitrogens with one attached hydrogen (secondary N) is 2. The molecule has 0 saturated heterocycles. The predicted molar refractivity (Wildman–Crippen MR) is 103 cm³/mol. The van der Waals surface area contributed by atoms with Gasteiger partial charge in [0.05, 0.1) is 5.75 Å². The van der Waals surface area contributed by atoms with Crippen LogP contribution in [0, 0.1) is 0 Å². The van der Waals surface area contributed by atoms with Crippen LogP contribution in [0.2, 0.25) is 0 Å². The number of aromatic nitrogens is 2. The highest BCUT2D eigenvalue weighted by Gasteiger charge is 2.15. The maximum absolute atomic E-state index is 11.9. The Kier molecular flexibility index (Phi) is 6.72. The molecule has 1 aromatic carbocycles. The number of hydrogen-bond acceptors (Lipinski definition) is 6. The van der Waals surface area contributed by atoms with Crippen molar-refractivity contribution >= 4 is 46.1 Å². The summed E-state index contributed by atoms with van der Waals surface area (Å²) in [5.41, 5.74) is 0.680. The van der Waals surface area contributed by atoms with E-state index in [9.17, 15) is 9.59 Å². The van der Waals surface area contributed by atoms with Gasteiger partial charge in [0.2, 0.25) is 16.9 Å². The second kappa shape index (κ2) is 8.77. The van der Waals surface area contributed by atoms with Crippen LogP contribution in [0.4, 0.5) is 5.13 Å². The van der Waals surface area contributed by atoms with Crippen molar-refractivity contribution in [2.24, 2.45) is 0 Å². The normalized spacial score (nSPS) is 11.5. The number of carbonyl (C=O) groups is 2. The van der Waals surface area contributed by atoms with Gasteiger partial charge in [-0.3, -0.25) is 14.9 Å². The number of anilines is 1. The first kappa shape index (κ1) is 19.1. The SMILES string of the molecule is CC(C)(C)NC(=O)CSc1nnc(NC(=O)C=Cc2ccccc2)s1. The molecule has 2 amide bonds. The molecule has 132 valence electrons. The molecule has 0 fully saturated rings. The van der Waals surface area contributed by atoms with E-state index in [4.69, 9.17) is 0 Å². The van der Waals surface area contributed by atoms with Gasteiger partial charge >= 0.3 is 0 Å². The highest BCUT2D eigenvalue weighted by molar-refractivity contribution is 8.01. The molecule has 25 heavy (non-hydrogen) atoms. The molecule has 0 saturated carbocycles. The first-order valence-electron chi connectivity index (χ1n) is 7.63. The summed E-state index contributed by atoms with van der Waals surface area (Å²) in [6.45, 7) is 5.78. The van der Waals surface area contributed by atoms with Crippen LogP contribution in [0.25, 0.3) is 6.08 Å². The van der Waals surface area contributed by atoms with Gasteiger partial charge in [0, 0.05) is 11.6 Å². The van der Waals surface area contributed by atoms with Gasteiger partial charge in [0.1, 0.15) is 0 Å². The standard InChI is InChI=1S/C17H20N4O2S2/c1-17(2,3)19-14(23)11-24-16-21-20-15(25-16)18-13(22)10-9-12-7-5-4-6-8-12/h4-10H,11H2,1-3H3,(H,19,23)(H,18,20,22). The maximum atomic E-state index is 11.9. The third kappa shape index (κ3) is 7.49. The number of amides is 2. The zero-order valence-corrected chi connectivity index (χ0v) is 15.9. The summed E-state index contributed by atoms with van der Waals surface area (Å²) in [5, 5.41) is 13.8. The van der Waals surface area contributed by atoms with E-state index in [1.165, 1.54) is 29.2 Å². The lowest BCUT2D eigenvalue weighted by molar-refractivity contribution is -0.120. The molecule has 0 aliphatic carbocycles. The monoisotopic (exact) mass is 376 g/mol. The van der Waals surface area contributed by atoms with Crippen LogP contribution in [-0.4, -0.2) is 33.3 Å². The van der Waals surface area contributed by atoms with Crippen molar-refractivity contribution in [1.29, 1.82) is 0 Å². The average Bonchev–Trinajstić information content (AvgIpc) is 2.98. The lowest BCUT2D eigenvalue weighted by Gasteiger charge is -2.19. The van der Waals surface area contributed by atoms with Crippen molar-refractivity contribution in [3.05, 3.63) is 42.0 Å². The Balaban J connectivity index is 1.82. The minimum Gasteiger partial charge on any atom is -0.351 e. The van der Waals surface area contributed by atoms with E-state index in [1.54, 1.807) is 6.08 Å². The van der Waals surface area contributed by atoms with Gasteiger partial charge in [0.25, 0.3) is 0 Å². The lowest BCUT2D eigenvalue weighted by Crippen LogP contribution is -2.41. The van der Waals surface area contributed by atoms with Gasteiger partial charge < -0.3 is 5.32 Å². The van der Waals surface area contributed by atoms with Gasteiger partial charge in [-0.1, -0.05) is 53.4 Å². The second-order valence-corrected chi connectivity index (χ2v) is 8.39. The molecule has 8 heteroatoms. The summed E-state index contributed by atoms with van der Waals surface area (Å²) < 4.78 is 0.631. The van der Waals surface area contributed by atoms with Crippen LogP contribution >= 0.6 is 23.1 Å². The first-order valence-corrected chi connectivity index (χ1v) is 9.43. The number of nitrogens with zero attached hydrogens (tertiary/aromatic N) is 2. The quantitative estimate of drug-likeness (QED) is 0.459. The molecular formula is C17H20N4O2S2. The Bertz CT molecular complexity index is 752. The van der Waals surface area contributed by atoms with Gasteiger partial charge in [-0.2, -0.15) is 0 Å². The van der Waals surface area contributed by atoms with Gasteiger partial charge in [-0.15, -0.1) is 10.2 Å². The molecular weight excluding hydrogens is 356 g/mol. The maximum Gasteiger partial charge on any atom is 0.250 e. The van der Waals surface area contributed by atoms with Crippen LogP contribution in [0.5, 0.6) is 0 Å². The Morgan fingerprint density at radius 1 is 1.20 bits per heavy atom. The van der Waals surface area contributed by atoms with E-state index >= 15 is 0 Å². The molecule has 0 spiro atoms. The summed E-state index contributed by atoms with van der Waals surface area (Å²) in [5.74, 6) is -0.0839. The second-order valence-electron chi connectivity index (χ2n) is 6.19. The summed E-state index contributed by atoms with van der Waals surface area (Å²) in [6, 6.07) is 9.54. The van der Waals surface area contributed by atoms with E-state index in [2.05, 4.69) is 20.8 Å². The molecule has 2 rings (SSSR count). The zero-order valence-electron chi connectivity index (χ0n) is 14.3. The van der Waals surface area contributed by atoms with Crippen molar-refractivity contribution in [3.8, 4) is 0 Å². The molecule has 0 aliphatic rings. The highest BCUT2D eigenvalue weighted by Crippen LogP contribution is 2.25. The van der Waals surface area contributed by atoms with E-state index in [0.717, 1.165) is 5.56 Å². The molecule has 1 aromatic heterocycles. The highest BCUT2D eigenvalue weighted by atomic mass is 32.2. The van der Waals surface area contributed by atoms with Crippen molar-refractivity contribution in [2.75, 3.05) is 11.1 Å². The fourth-order valence-corrected chi connectivity index (χ4v) is 3.34. The van der Waals surface area contributed by atoms with E-state index < -0.39 is 0 Å². The van der Waals surface area contributed by atoms with Crippen molar-refractivity contribution in [1.82, 2.24) is 15.5 Å². The number of carbonyl (C=O) groups excluding carboxylic acids is 2. The Labute approximate surface area is 155 Å². The third-order valence-corrected chi connectivity index (χ3v) is 4.68. The van der Waals surface area contributed by atoms with Crippen LogP contribution < -0.4 is 10.6 Å². The first-order chi connectivity index (χ1) is 11.8. The van der Waals surface area contributed by atoms with Crippen LogP contribution in [0.3, 0.4) is 0 Å². The molecule has 0 radical (unpaired) electrons. The molecule has 0 bridgehead atoms. The fraction of sp³-hybridized carbons (Fsp3) is 0.294. The summed E-state index contributed by atoms with van der Waals surface area (Å²) in [7, 11) is 0. The smallest absolute Gasteiger partial charge is 0.250 e. The molecule has 0 unspecified atom stereocenters. The predicted octanol–water partition coefficient (Wildman–Crippen LogP) is 3.20. The Morgan fingerprint density at radius 2 is 1.92 bits per heavy atom. The fourth-order valence-electron chi connectivity index (χ4n) is 1.78. The van der Waals surface area contributed by atoms with Crippen LogP contribution in [-0.2, 0) is 9.59 Å². The number of benzene rings is 1. The Hall–Kier alpha value is -2.19. The molecule has 2 aromatic rings. The molecule has 0 aliphatic heterocycles. The minimum absolute atomic E-state index is 0.0657. The lowest BCUT2D eigenvalue weighted by atomic mass is 10.1. The summed E-state index contributed by atoms with van der Waals surface area (Å²) in [6.07, 6.45) is 3.17. The van der Waals surface area contributed by atoms with E-state index in [-0.39, 0.29) is 23.1 Å². The van der Waals surface area contributed by atoms with E-state index in [0.29, 0.717) is 9.47 Å². The molecule has 6 nitrogen and oxygen atoms in total. The Morgan fingerprint density at radius 3 is 2.60 bits per heavy atom. The average molecular weight is 377 g/mol. The van der Waals surface area contributed by atoms with Crippen LogP contribution in [0.15, 0.2) is 40.7 Å². The minimum atomic E-state index is -0.276. The van der Waals surface area contributed by atoms with Gasteiger partial charge in [0.15, 0.2) is 4.34 Å². The molecule has 2 N–H and O–H groups in total. The summed E-state index contributed by atoms with van der Waals surface area (Å²) in [4.78, 5) is 23.7.